The minimum absolute atomic E-state index is 0.219. The second kappa shape index (κ2) is 4.60. The van der Waals surface area contributed by atoms with E-state index >= 15 is 0 Å². The highest BCUT2D eigenvalue weighted by atomic mass is 16.5. The number of hydrogen-bond donors (Lipinski definition) is 1. The van der Waals surface area contributed by atoms with E-state index in [0.717, 1.165) is 32.7 Å². The first-order valence-corrected chi connectivity index (χ1v) is 5.74. The molecule has 2 aliphatic rings. The first-order chi connectivity index (χ1) is 6.79. The molecule has 3 unspecified atom stereocenters. The molecule has 2 heterocycles. The highest BCUT2D eigenvalue weighted by Gasteiger charge is 2.34. The minimum Gasteiger partial charge on any atom is -0.381 e. The summed E-state index contributed by atoms with van der Waals surface area (Å²) in [6, 6.07) is 0.219. The molecule has 0 aromatic heterocycles. The molecule has 0 saturated carbocycles. The molecule has 0 spiro atoms. The van der Waals surface area contributed by atoms with Gasteiger partial charge in [0.25, 0.3) is 0 Å². The standard InChI is InChI=1S/C11H21NO2/c1-8-2-7-14-11(8)10(12)9-3-5-13-6-4-9/h8-11H,2-7,12H2,1H3. The highest BCUT2D eigenvalue weighted by molar-refractivity contribution is 4.88. The van der Waals surface area contributed by atoms with Gasteiger partial charge in [-0.15, -0.1) is 0 Å². The summed E-state index contributed by atoms with van der Waals surface area (Å²) in [5.74, 6) is 1.24. The van der Waals surface area contributed by atoms with Gasteiger partial charge in [-0.2, -0.15) is 0 Å². The van der Waals surface area contributed by atoms with Gasteiger partial charge in [0, 0.05) is 25.9 Å². The quantitative estimate of drug-likeness (QED) is 0.726. The summed E-state index contributed by atoms with van der Waals surface area (Å²) in [5, 5.41) is 0. The van der Waals surface area contributed by atoms with Crippen LogP contribution in [0.2, 0.25) is 0 Å². The lowest BCUT2D eigenvalue weighted by Gasteiger charge is -2.32. The molecule has 2 rings (SSSR count). The van der Waals surface area contributed by atoms with Crippen molar-refractivity contribution in [3.05, 3.63) is 0 Å². The van der Waals surface area contributed by atoms with Crippen LogP contribution < -0.4 is 5.73 Å². The van der Waals surface area contributed by atoms with Gasteiger partial charge in [0.15, 0.2) is 0 Å². The molecule has 3 nitrogen and oxygen atoms in total. The molecule has 3 atom stereocenters. The van der Waals surface area contributed by atoms with E-state index in [1.165, 1.54) is 6.42 Å². The lowest BCUT2D eigenvalue weighted by molar-refractivity contribution is 0.0115. The molecule has 3 heteroatoms. The molecule has 2 N–H and O–H groups in total. The maximum absolute atomic E-state index is 6.26. The van der Waals surface area contributed by atoms with E-state index in [9.17, 15) is 0 Å². The van der Waals surface area contributed by atoms with Gasteiger partial charge in [-0.25, -0.2) is 0 Å². The predicted octanol–water partition coefficient (Wildman–Crippen LogP) is 1.17. The van der Waals surface area contributed by atoms with Crippen LogP contribution in [0, 0.1) is 11.8 Å². The molecular formula is C11H21NO2. The number of nitrogens with two attached hydrogens (primary N) is 1. The Morgan fingerprint density at radius 3 is 2.43 bits per heavy atom. The van der Waals surface area contributed by atoms with Gasteiger partial charge in [-0.3, -0.25) is 0 Å². The SMILES string of the molecule is CC1CCOC1C(N)C1CCOCC1. The Balaban J connectivity index is 1.89. The first kappa shape index (κ1) is 10.4. The van der Waals surface area contributed by atoms with Gasteiger partial charge in [0.2, 0.25) is 0 Å². The molecule has 0 aromatic rings. The van der Waals surface area contributed by atoms with E-state index < -0.39 is 0 Å². The molecule has 2 saturated heterocycles. The monoisotopic (exact) mass is 199 g/mol. The Kier molecular flexibility index (Phi) is 3.42. The summed E-state index contributed by atoms with van der Waals surface area (Å²) in [5.41, 5.74) is 6.26. The van der Waals surface area contributed by atoms with E-state index in [2.05, 4.69) is 6.92 Å². The van der Waals surface area contributed by atoms with Crippen molar-refractivity contribution in [3.63, 3.8) is 0 Å². The zero-order valence-electron chi connectivity index (χ0n) is 8.95. The van der Waals surface area contributed by atoms with Crippen LogP contribution in [0.15, 0.2) is 0 Å². The lowest BCUT2D eigenvalue weighted by Crippen LogP contribution is -2.45. The van der Waals surface area contributed by atoms with Crippen LogP contribution in [0.25, 0.3) is 0 Å². The topological polar surface area (TPSA) is 44.5 Å². The van der Waals surface area contributed by atoms with Crippen molar-refractivity contribution in [2.45, 2.75) is 38.3 Å². The summed E-state index contributed by atoms with van der Waals surface area (Å²) in [7, 11) is 0. The van der Waals surface area contributed by atoms with Gasteiger partial charge in [0.1, 0.15) is 0 Å². The zero-order valence-corrected chi connectivity index (χ0v) is 8.95. The third-order valence-corrected chi connectivity index (χ3v) is 3.63. The molecule has 0 aromatic carbocycles. The van der Waals surface area contributed by atoms with Crippen LogP contribution in [-0.4, -0.2) is 32.0 Å². The maximum Gasteiger partial charge on any atom is 0.0754 e. The van der Waals surface area contributed by atoms with Crippen LogP contribution in [-0.2, 0) is 9.47 Å². The Morgan fingerprint density at radius 1 is 1.14 bits per heavy atom. The van der Waals surface area contributed by atoms with Crippen molar-refractivity contribution in [1.29, 1.82) is 0 Å². The van der Waals surface area contributed by atoms with Crippen molar-refractivity contribution in [2.75, 3.05) is 19.8 Å². The molecule has 14 heavy (non-hydrogen) atoms. The average molecular weight is 199 g/mol. The Morgan fingerprint density at radius 2 is 1.86 bits per heavy atom. The average Bonchev–Trinajstić information content (AvgIpc) is 2.65. The van der Waals surface area contributed by atoms with Crippen molar-refractivity contribution in [1.82, 2.24) is 0 Å². The fraction of sp³-hybridized carbons (Fsp3) is 1.00. The second-order valence-electron chi connectivity index (χ2n) is 4.63. The van der Waals surface area contributed by atoms with Gasteiger partial charge in [-0.1, -0.05) is 6.92 Å². The van der Waals surface area contributed by atoms with E-state index in [4.69, 9.17) is 15.2 Å². The van der Waals surface area contributed by atoms with Crippen LogP contribution in [0.3, 0.4) is 0 Å². The fourth-order valence-corrected chi connectivity index (χ4v) is 2.58. The summed E-state index contributed by atoms with van der Waals surface area (Å²) >= 11 is 0. The summed E-state index contributed by atoms with van der Waals surface area (Å²) in [6.07, 6.45) is 3.67. The maximum atomic E-state index is 6.26. The third-order valence-electron chi connectivity index (χ3n) is 3.63. The number of rotatable bonds is 2. The van der Waals surface area contributed by atoms with Crippen LogP contribution >= 0.6 is 0 Å². The number of hydrogen-bond acceptors (Lipinski definition) is 3. The van der Waals surface area contributed by atoms with E-state index in [1.54, 1.807) is 0 Å². The van der Waals surface area contributed by atoms with Crippen molar-refractivity contribution in [3.8, 4) is 0 Å². The van der Waals surface area contributed by atoms with Crippen LogP contribution in [0.5, 0.6) is 0 Å². The molecular weight excluding hydrogens is 178 g/mol. The summed E-state index contributed by atoms with van der Waals surface area (Å²) in [6.45, 7) is 4.89. The Hall–Kier alpha value is -0.120. The number of ether oxygens (including phenoxy) is 2. The van der Waals surface area contributed by atoms with Gasteiger partial charge in [-0.05, 0) is 31.1 Å². The molecule has 0 aliphatic carbocycles. The minimum atomic E-state index is 0.219. The molecule has 2 aliphatic heterocycles. The third kappa shape index (κ3) is 2.10. The van der Waals surface area contributed by atoms with Crippen LogP contribution in [0.4, 0.5) is 0 Å². The molecule has 0 amide bonds. The first-order valence-electron chi connectivity index (χ1n) is 5.74. The van der Waals surface area contributed by atoms with E-state index in [-0.39, 0.29) is 12.1 Å². The zero-order chi connectivity index (χ0) is 9.97. The Bertz CT molecular complexity index is 180. The van der Waals surface area contributed by atoms with E-state index in [0.29, 0.717) is 11.8 Å². The Labute approximate surface area is 85.9 Å². The van der Waals surface area contributed by atoms with E-state index in [1.807, 2.05) is 0 Å². The molecule has 82 valence electrons. The molecule has 0 bridgehead atoms. The summed E-state index contributed by atoms with van der Waals surface area (Å²) in [4.78, 5) is 0. The van der Waals surface area contributed by atoms with Gasteiger partial charge in [0.05, 0.1) is 6.10 Å². The van der Waals surface area contributed by atoms with Gasteiger partial charge >= 0.3 is 0 Å². The van der Waals surface area contributed by atoms with Crippen molar-refractivity contribution >= 4 is 0 Å². The van der Waals surface area contributed by atoms with Crippen molar-refractivity contribution < 1.29 is 9.47 Å². The normalized spacial score (nSPS) is 37.3. The van der Waals surface area contributed by atoms with Crippen LogP contribution in [0.1, 0.15) is 26.2 Å². The fourth-order valence-electron chi connectivity index (χ4n) is 2.58. The second-order valence-corrected chi connectivity index (χ2v) is 4.63. The van der Waals surface area contributed by atoms with Gasteiger partial charge < -0.3 is 15.2 Å². The smallest absolute Gasteiger partial charge is 0.0754 e. The molecule has 2 fully saturated rings. The molecule has 0 radical (unpaired) electrons. The van der Waals surface area contributed by atoms with Crippen molar-refractivity contribution in [2.24, 2.45) is 17.6 Å². The highest BCUT2D eigenvalue weighted by Crippen LogP contribution is 2.28. The summed E-state index contributed by atoms with van der Waals surface area (Å²) < 4.78 is 11.1. The largest absolute Gasteiger partial charge is 0.381 e. The predicted molar refractivity (Wildman–Crippen MR) is 55.0 cm³/mol. The lowest BCUT2D eigenvalue weighted by atomic mass is 9.85.